The van der Waals surface area contributed by atoms with E-state index in [0.717, 1.165) is 6.54 Å². The molecule has 68 valence electrons. The van der Waals surface area contributed by atoms with Crippen molar-refractivity contribution in [3.8, 4) is 0 Å². The van der Waals surface area contributed by atoms with Gasteiger partial charge in [0.25, 0.3) is 5.91 Å². The molecule has 1 aliphatic heterocycles. The van der Waals surface area contributed by atoms with Crippen LogP contribution in [0.3, 0.4) is 0 Å². The Kier molecular flexibility index (Phi) is 3.76. The molecule has 0 aromatic rings. The number of hydrogen-bond acceptors (Lipinski definition) is 3. The number of hydrogen-bond donors (Lipinski definition) is 2. The summed E-state index contributed by atoms with van der Waals surface area (Å²) in [7, 11) is 0. The summed E-state index contributed by atoms with van der Waals surface area (Å²) in [5.74, 6) is -0.0675. The van der Waals surface area contributed by atoms with Gasteiger partial charge in [0, 0.05) is 19.6 Å². The second-order valence-electron chi connectivity index (χ2n) is 2.60. The van der Waals surface area contributed by atoms with Crippen LogP contribution in [-0.4, -0.2) is 38.3 Å². The molecule has 4 heteroatoms. The maximum atomic E-state index is 11.2. The van der Waals surface area contributed by atoms with Crippen molar-refractivity contribution >= 4 is 5.91 Å². The van der Waals surface area contributed by atoms with Crippen LogP contribution >= 0.6 is 0 Å². The molecular formula is C8H14N2O2. The van der Waals surface area contributed by atoms with Gasteiger partial charge < -0.3 is 15.4 Å². The molecule has 1 heterocycles. The molecule has 0 bridgehead atoms. The quantitative estimate of drug-likeness (QED) is 0.549. The van der Waals surface area contributed by atoms with E-state index in [-0.39, 0.29) is 12.0 Å². The molecule has 1 amide bonds. The molecule has 4 nitrogen and oxygen atoms in total. The van der Waals surface area contributed by atoms with Crippen LogP contribution in [0.25, 0.3) is 0 Å². The highest BCUT2D eigenvalue weighted by Crippen LogP contribution is 1.94. The number of morpholine rings is 1. The molecule has 1 aliphatic rings. The standard InChI is InChI=1S/C8H14N2O2/c1-2-3-10-8(11)7-6-9-4-5-12-7/h2,7,9H,1,3-6H2,(H,10,11). The first-order valence-corrected chi connectivity index (χ1v) is 4.05. The van der Waals surface area contributed by atoms with E-state index in [2.05, 4.69) is 17.2 Å². The van der Waals surface area contributed by atoms with Gasteiger partial charge in [-0.25, -0.2) is 0 Å². The molecule has 0 aromatic carbocycles. The SMILES string of the molecule is C=CCNC(=O)C1CNCCO1. The minimum atomic E-state index is -0.335. The van der Waals surface area contributed by atoms with Crippen LogP contribution in [-0.2, 0) is 9.53 Å². The van der Waals surface area contributed by atoms with E-state index in [1.165, 1.54) is 0 Å². The number of amides is 1. The fourth-order valence-corrected chi connectivity index (χ4v) is 1.02. The predicted octanol–water partition coefficient (Wildman–Crippen LogP) is -0.723. The number of carbonyl (C=O) groups excluding carboxylic acids is 1. The third-order valence-corrected chi connectivity index (χ3v) is 1.64. The first-order valence-electron chi connectivity index (χ1n) is 4.05. The summed E-state index contributed by atoms with van der Waals surface area (Å²) in [6.07, 6.45) is 1.31. The zero-order chi connectivity index (χ0) is 8.81. The van der Waals surface area contributed by atoms with E-state index in [0.29, 0.717) is 19.7 Å². The summed E-state index contributed by atoms with van der Waals surface area (Å²) >= 11 is 0. The molecule has 1 atom stereocenters. The number of carbonyl (C=O) groups is 1. The van der Waals surface area contributed by atoms with Gasteiger partial charge in [-0.2, -0.15) is 0 Å². The van der Waals surface area contributed by atoms with Crippen molar-refractivity contribution in [2.24, 2.45) is 0 Å². The third-order valence-electron chi connectivity index (χ3n) is 1.64. The number of rotatable bonds is 3. The topological polar surface area (TPSA) is 50.4 Å². The van der Waals surface area contributed by atoms with E-state index >= 15 is 0 Å². The molecule has 0 saturated carbocycles. The van der Waals surface area contributed by atoms with Gasteiger partial charge >= 0.3 is 0 Å². The molecule has 0 aromatic heterocycles. The van der Waals surface area contributed by atoms with Crippen LogP contribution in [0.15, 0.2) is 12.7 Å². The van der Waals surface area contributed by atoms with Crippen molar-refractivity contribution in [3.63, 3.8) is 0 Å². The number of ether oxygens (including phenoxy) is 1. The van der Waals surface area contributed by atoms with Gasteiger partial charge in [0.05, 0.1) is 6.61 Å². The monoisotopic (exact) mass is 170 g/mol. The molecule has 1 fully saturated rings. The summed E-state index contributed by atoms with van der Waals surface area (Å²) in [6, 6.07) is 0. The zero-order valence-electron chi connectivity index (χ0n) is 7.01. The van der Waals surface area contributed by atoms with Crippen molar-refractivity contribution < 1.29 is 9.53 Å². The first kappa shape index (κ1) is 9.22. The Morgan fingerprint density at radius 2 is 2.67 bits per heavy atom. The molecule has 1 rings (SSSR count). The maximum absolute atomic E-state index is 11.2. The molecule has 1 saturated heterocycles. The Morgan fingerprint density at radius 1 is 1.83 bits per heavy atom. The minimum absolute atomic E-state index is 0.0675. The average Bonchev–Trinajstić information content (AvgIpc) is 2.15. The van der Waals surface area contributed by atoms with Crippen molar-refractivity contribution in [2.75, 3.05) is 26.2 Å². The highest BCUT2D eigenvalue weighted by atomic mass is 16.5. The Bertz CT molecular complexity index is 164. The summed E-state index contributed by atoms with van der Waals surface area (Å²) in [5.41, 5.74) is 0. The van der Waals surface area contributed by atoms with Gasteiger partial charge in [-0.15, -0.1) is 6.58 Å². The molecule has 12 heavy (non-hydrogen) atoms. The van der Waals surface area contributed by atoms with E-state index < -0.39 is 0 Å². The van der Waals surface area contributed by atoms with Crippen LogP contribution in [0.1, 0.15) is 0 Å². The molecule has 0 spiro atoms. The van der Waals surface area contributed by atoms with E-state index in [1.807, 2.05) is 0 Å². The molecule has 2 N–H and O–H groups in total. The second-order valence-corrected chi connectivity index (χ2v) is 2.60. The number of nitrogens with one attached hydrogen (secondary N) is 2. The molecule has 0 radical (unpaired) electrons. The van der Waals surface area contributed by atoms with Crippen molar-refractivity contribution in [2.45, 2.75) is 6.10 Å². The fraction of sp³-hybridized carbons (Fsp3) is 0.625. The van der Waals surface area contributed by atoms with Crippen LogP contribution in [0.5, 0.6) is 0 Å². The van der Waals surface area contributed by atoms with Crippen molar-refractivity contribution in [1.29, 1.82) is 0 Å². The molecule has 1 unspecified atom stereocenters. The first-order chi connectivity index (χ1) is 5.84. The maximum Gasteiger partial charge on any atom is 0.250 e. The highest BCUT2D eigenvalue weighted by molar-refractivity contribution is 5.81. The lowest BCUT2D eigenvalue weighted by Crippen LogP contribution is -2.47. The van der Waals surface area contributed by atoms with Crippen LogP contribution in [0, 0.1) is 0 Å². The lowest BCUT2D eigenvalue weighted by Gasteiger charge is -2.22. The highest BCUT2D eigenvalue weighted by Gasteiger charge is 2.20. The van der Waals surface area contributed by atoms with Crippen molar-refractivity contribution in [1.82, 2.24) is 10.6 Å². The van der Waals surface area contributed by atoms with Gasteiger partial charge in [-0.05, 0) is 0 Å². The summed E-state index contributed by atoms with van der Waals surface area (Å²) in [6.45, 7) is 6.03. The lowest BCUT2D eigenvalue weighted by molar-refractivity contribution is -0.133. The predicted molar refractivity (Wildman–Crippen MR) is 45.8 cm³/mol. The van der Waals surface area contributed by atoms with Gasteiger partial charge in [-0.1, -0.05) is 6.08 Å². The third kappa shape index (κ3) is 2.64. The fourth-order valence-electron chi connectivity index (χ4n) is 1.02. The minimum Gasteiger partial charge on any atom is -0.366 e. The van der Waals surface area contributed by atoms with Gasteiger partial charge in [0.2, 0.25) is 0 Å². The zero-order valence-corrected chi connectivity index (χ0v) is 7.01. The van der Waals surface area contributed by atoms with Gasteiger partial charge in [0.1, 0.15) is 6.10 Å². The van der Waals surface area contributed by atoms with Crippen LogP contribution in [0.2, 0.25) is 0 Å². The Balaban J connectivity index is 2.24. The Hall–Kier alpha value is -0.870. The lowest BCUT2D eigenvalue weighted by atomic mass is 10.3. The van der Waals surface area contributed by atoms with Gasteiger partial charge in [-0.3, -0.25) is 4.79 Å². The van der Waals surface area contributed by atoms with Crippen LogP contribution < -0.4 is 10.6 Å². The van der Waals surface area contributed by atoms with Crippen LogP contribution in [0.4, 0.5) is 0 Å². The van der Waals surface area contributed by atoms with Crippen molar-refractivity contribution in [3.05, 3.63) is 12.7 Å². The van der Waals surface area contributed by atoms with Gasteiger partial charge in [0.15, 0.2) is 0 Å². The molecular weight excluding hydrogens is 156 g/mol. The Labute approximate surface area is 72.0 Å². The van der Waals surface area contributed by atoms with E-state index in [4.69, 9.17) is 4.74 Å². The second kappa shape index (κ2) is 4.90. The van der Waals surface area contributed by atoms with E-state index in [9.17, 15) is 4.79 Å². The average molecular weight is 170 g/mol. The van der Waals surface area contributed by atoms with E-state index in [1.54, 1.807) is 6.08 Å². The summed E-state index contributed by atoms with van der Waals surface area (Å²) < 4.78 is 5.23. The smallest absolute Gasteiger partial charge is 0.250 e. The normalized spacial score (nSPS) is 23.2. The molecule has 0 aliphatic carbocycles. The largest absolute Gasteiger partial charge is 0.366 e. The Morgan fingerprint density at radius 3 is 3.25 bits per heavy atom. The summed E-state index contributed by atoms with van der Waals surface area (Å²) in [4.78, 5) is 11.2. The summed E-state index contributed by atoms with van der Waals surface area (Å²) in [5, 5.41) is 5.76.